The lowest BCUT2D eigenvalue weighted by atomic mass is 10.3. The molecule has 0 saturated heterocycles. The van der Waals surface area contributed by atoms with Crippen molar-refractivity contribution in [3.05, 3.63) is 35.2 Å². The smallest absolute Gasteiger partial charge is 0.138 e. The van der Waals surface area contributed by atoms with Crippen LogP contribution in [0.5, 0.6) is 0 Å². The average molecular weight is 197 g/mol. The maximum atomic E-state index is 5.89. The molecule has 2 aromatic rings. The zero-order chi connectivity index (χ0) is 9.84. The number of aromatic nitrogens is 2. The summed E-state index contributed by atoms with van der Waals surface area (Å²) in [6, 6.07) is 1.86. The molecule has 2 aromatic heterocycles. The van der Waals surface area contributed by atoms with Crippen LogP contribution in [0.3, 0.4) is 0 Å². The molecule has 2 heterocycles. The summed E-state index contributed by atoms with van der Waals surface area (Å²) < 4.78 is 1.95. The third kappa shape index (κ3) is 2.01. The molecule has 3 heteroatoms. The van der Waals surface area contributed by atoms with Crippen molar-refractivity contribution in [3.63, 3.8) is 0 Å². The molecule has 2 rings (SSSR count). The molecule has 0 aliphatic carbocycles. The minimum Gasteiger partial charge on any atom is -0.307 e. The highest BCUT2D eigenvalue weighted by Gasteiger charge is 1.97. The Hall–Kier alpha value is -1.02. The topological polar surface area (TPSA) is 17.3 Å². The van der Waals surface area contributed by atoms with Gasteiger partial charge in [0.05, 0.1) is 0 Å². The molecular weight excluding hydrogens is 184 g/mol. The largest absolute Gasteiger partial charge is 0.307 e. The normalized spacial score (nSPS) is 9.54. The summed E-state index contributed by atoms with van der Waals surface area (Å²) in [5, 5.41) is 0.767. The predicted octanol–water partition coefficient (Wildman–Crippen LogP) is 3.32. The van der Waals surface area contributed by atoms with Crippen LogP contribution < -0.4 is 0 Å². The average Bonchev–Trinajstić information content (AvgIpc) is 2.56. The number of hydrogen-bond acceptors (Lipinski definition) is 1. The molecule has 0 aliphatic heterocycles. The van der Waals surface area contributed by atoms with Gasteiger partial charge in [0.25, 0.3) is 0 Å². The fourth-order valence-electron chi connectivity index (χ4n) is 1.04. The van der Waals surface area contributed by atoms with E-state index in [1.54, 1.807) is 6.20 Å². The van der Waals surface area contributed by atoms with E-state index in [1.807, 2.05) is 43.6 Å². The van der Waals surface area contributed by atoms with E-state index < -0.39 is 0 Å². The van der Waals surface area contributed by atoms with Gasteiger partial charge in [0, 0.05) is 29.7 Å². The van der Waals surface area contributed by atoms with Crippen LogP contribution in [0.25, 0.3) is 5.65 Å². The monoisotopic (exact) mass is 196 g/mol. The second kappa shape index (κ2) is 4.28. The van der Waals surface area contributed by atoms with Crippen LogP contribution in [0.4, 0.5) is 0 Å². The van der Waals surface area contributed by atoms with Gasteiger partial charge in [-0.25, -0.2) is 4.98 Å². The number of rotatable bonds is 0. The second-order valence-corrected chi connectivity index (χ2v) is 2.90. The Bertz CT molecular complexity index is 357. The molecule has 0 aromatic carbocycles. The lowest BCUT2D eigenvalue weighted by Gasteiger charge is -1.97. The van der Waals surface area contributed by atoms with Crippen molar-refractivity contribution in [2.75, 3.05) is 0 Å². The molecule has 0 unspecified atom stereocenters. The molecule has 0 bridgehead atoms. The van der Waals surface area contributed by atoms with Crippen molar-refractivity contribution in [1.82, 2.24) is 9.38 Å². The summed E-state index contributed by atoms with van der Waals surface area (Å²) >= 11 is 5.89. The molecule has 13 heavy (non-hydrogen) atoms. The third-order valence-corrected chi connectivity index (χ3v) is 2.07. The van der Waals surface area contributed by atoms with E-state index in [9.17, 15) is 0 Å². The lowest BCUT2D eigenvalue weighted by molar-refractivity contribution is 1.16. The summed E-state index contributed by atoms with van der Waals surface area (Å²) in [6.45, 7) is 5.97. The first kappa shape index (κ1) is 10.1. The van der Waals surface area contributed by atoms with E-state index in [2.05, 4.69) is 4.98 Å². The molecule has 0 fully saturated rings. The fraction of sp³-hybridized carbons (Fsp3) is 0.300. The van der Waals surface area contributed by atoms with Crippen molar-refractivity contribution < 1.29 is 0 Å². The molecule has 0 N–H and O–H groups in total. The molecule has 0 amide bonds. The fourth-order valence-corrected chi connectivity index (χ4v) is 1.19. The van der Waals surface area contributed by atoms with Crippen LogP contribution in [0.1, 0.15) is 19.4 Å². The quantitative estimate of drug-likeness (QED) is 0.632. The van der Waals surface area contributed by atoms with Gasteiger partial charge in [-0.2, -0.15) is 0 Å². The van der Waals surface area contributed by atoms with Crippen molar-refractivity contribution in [2.24, 2.45) is 0 Å². The minimum atomic E-state index is 0.767. The maximum Gasteiger partial charge on any atom is 0.138 e. The number of pyridine rings is 1. The molecule has 0 aliphatic rings. The highest BCUT2D eigenvalue weighted by molar-refractivity contribution is 6.31. The van der Waals surface area contributed by atoms with E-state index in [-0.39, 0.29) is 0 Å². The predicted molar refractivity (Wildman–Crippen MR) is 56.3 cm³/mol. The SMILES string of the molecule is CC.Cc1cn2ccnc2cc1Cl. The minimum absolute atomic E-state index is 0.767. The van der Waals surface area contributed by atoms with E-state index in [0.717, 1.165) is 16.2 Å². The van der Waals surface area contributed by atoms with E-state index in [1.165, 1.54) is 0 Å². The van der Waals surface area contributed by atoms with Crippen LogP contribution >= 0.6 is 11.6 Å². The lowest BCUT2D eigenvalue weighted by Crippen LogP contribution is -1.85. The number of halogens is 1. The zero-order valence-electron chi connectivity index (χ0n) is 8.08. The van der Waals surface area contributed by atoms with E-state index in [4.69, 9.17) is 11.6 Å². The Morgan fingerprint density at radius 2 is 2.08 bits per heavy atom. The molecule has 70 valence electrons. The van der Waals surface area contributed by atoms with Gasteiger partial charge in [-0.15, -0.1) is 0 Å². The highest BCUT2D eigenvalue weighted by atomic mass is 35.5. The van der Waals surface area contributed by atoms with E-state index >= 15 is 0 Å². The summed E-state index contributed by atoms with van der Waals surface area (Å²) in [7, 11) is 0. The van der Waals surface area contributed by atoms with Crippen LogP contribution in [0, 0.1) is 6.92 Å². The van der Waals surface area contributed by atoms with Gasteiger partial charge < -0.3 is 4.40 Å². The van der Waals surface area contributed by atoms with Gasteiger partial charge in [-0.05, 0) is 12.5 Å². The number of nitrogens with zero attached hydrogens (tertiary/aromatic N) is 2. The molecule has 0 radical (unpaired) electrons. The standard InChI is InChI=1S/C8H7ClN2.C2H6/c1-6-5-11-3-2-10-8(11)4-7(6)9;1-2/h2-5H,1H3;1-2H3. The summed E-state index contributed by atoms with van der Waals surface area (Å²) in [5.74, 6) is 0. The Kier molecular flexibility index (Phi) is 3.32. The molecule has 0 saturated carbocycles. The summed E-state index contributed by atoms with van der Waals surface area (Å²) in [4.78, 5) is 4.10. The van der Waals surface area contributed by atoms with Crippen LogP contribution in [-0.2, 0) is 0 Å². The maximum absolute atomic E-state index is 5.89. The molecular formula is C10H13ClN2. The summed E-state index contributed by atoms with van der Waals surface area (Å²) in [5.41, 5.74) is 1.96. The Labute approximate surface area is 83.2 Å². The van der Waals surface area contributed by atoms with Gasteiger partial charge in [0.2, 0.25) is 0 Å². The van der Waals surface area contributed by atoms with Gasteiger partial charge in [0.1, 0.15) is 5.65 Å². The number of hydrogen-bond donors (Lipinski definition) is 0. The van der Waals surface area contributed by atoms with Crippen molar-refractivity contribution in [1.29, 1.82) is 0 Å². The van der Waals surface area contributed by atoms with Gasteiger partial charge in [-0.3, -0.25) is 0 Å². The van der Waals surface area contributed by atoms with Crippen LogP contribution in [0.2, 0.25) is 5.02 Å². The highest BCUT2D eigenvalue weighted by Crippen LogP contribution is 2.16. The van der Waals surface area contributed by atoms with Crippen molar-refractivity contribution >= 4 is 17.2 Å². The third-order valence-electron chi connectivity index (χ3n) is 1.66. The first-order chi connectivity index (χ1) is 6.27. The number of aryl methyl sites for hydroxylation is 1. The van der Waals surface area contributed by atoms with Crippen LogP contribution in [-0.4, -0.2) is 9.38 Å². The Balaban J connectivity index is 0.000000396. The van der Waals surface area contributed by atoms with Gasteiger partial charge in [-0.1, -0.05) is 25.4 Å². The van der Waals surface area contributed by atoms with Crippen molar-refractivity contribution in [2.45, 2.75) is 20.8 Å². The second-order valence-electron chi connectivity index (χ2n) is 2.50. The molecule has 0 atom stereocenters. The zero-order valence-corrected chi connectivity index (χ0v) is 8.84. The van der Waals surface area contributed by atoms with Crippen molar-refractivity contribution in [3.8, 4) is 0 Å². The van der Waals surface area contributed by atoms with Gasteiger partial charge >= 0.3 is 0 Å². The molecule has 0 spiro atoms. The first-order valence-corrected chi connectivity index (χ1v) is 4.74. The van der Waals surface area contributed by atoms with Gasteiger partial charge in [0.15, 0.2) is 0 Å². The van der Waals surface area contributed by atoms with E-state index in [0.29, 0.717) is 0 Å². The summed E-state index contributed by atoms with van der Waals surface area (Å²) in [6.07, 6.45) is 5.62. The Morgan fingerprint density at radius 1 is 1.38 bits per heavy atom. The number of imidazole rings is 1. The molecule has 2 nitrogen and oxygen atoms in total. The van der Waals surface area contributed by atoms with Crippen LogP contribution in [0.15, 0.2) is 24.7 Å². The first-order valence-electron chi connectivity index (χ1n) is 4.36. The number of fused-ring (bicyclic) bond motifs is 1. The Morgan fingerprint density at radius 3 is 2.77 bits per heavy atom.